The van der Waals surface area contributed by atoms with Gasteiger partial charge in [-0.1, -0.05) is 7.43 Å². The fourth-order valence-corrected chi connectivity index (χ4v) is 2.57. The summed E-state index contributed by atoms with van der Waals surface area (Å²) in [6, 6.07) is 5.78. The van der Waals surface area contributed by atoms with Crippen LogP contribution in [-0.4, -0.2) is 17.1 Å². The molecule has 0 radical (unpaired) electrons. The van der Waals surface area contributed by atoms with Crippen LogP contribution in [0.4, 0.5) is 11.6 Å². The number of nitrogens with one attached hydrogen (secondary N) is 2. The molecule has 2 N–H and O–H groups in total. The van der Waals surface area contributed by atoms with Gasteiger partial charge >= 0.3 is 0 Å². The first-order chi connectivity index (χ1) is 8.76. The summed E-state index contributed by atoms with van der Waals surface area (Å²) in [6.07, 6.45) is 0. The van der Waals surface area contributed by atoms with Gasteiger partial charge in [0, 0.05) is 11.4 Å². The van der Waals surface area contributed by atoms with Gasteiger partial charge in [0.2, 0.25) is 5.95 Å². The first-order valence-electron chi connectivity index (χ1n) is 5.60. The van der Waals surface area contributed by atoms with Gasteiger partial charge in [-0.25, -0.2) is 4.98 Å². The van der Waals surface area contributed by atoms with Crippen molar-refractivity contribution in [2.24, 2.45) is 0 Å². The van der Waals surface area contributed by atoms with Crippen molar-refractivity contribution >= 4 is 34.0 Å². The Kier molecular flexibility index (Phi) is 3.76. The number of aryl methyl sites for hydroxylation is 1. The van der Waals surface area contributed by atoms with E-state index < -0.39 is 0 Å². The van der Waals surface area contributed by atoms with Crippen molar-refractivity contribution in [3.05, 3.63) is 34.5 Å². The van der Waals surface area contributed by atoms with Crippen molar-refractivity contribution in [3.8, 4) is 5.75 Å². The zero-order valence-corrected chi connectivity index (χ0v) is 11.0. The molecule has 1 aromatic carbocycles. The van der Waals surface area contributed by atoms with Crippen LogP contribution in [0.3, 0.4) is 0 Å². The van der Waals surface area contributed by atoms with Gasteiger partial charge in [-0.15, -0.1) is 11.3 Å². The van der Waals surface area contributed by atoms with E-state index >= 15 is 0 Å². The number of thiophene rings is 1. The third-order valence-corrected chi connectivity index (χ3v) is 3.66. The Hall–Kier alpha value is -2.01. The molecule has 0 amide bonds. The molecule has 0 atom stereocenters. The molecule has 19 heavy (non-hydrogen) atoms. The molecule has 0 saturated carbocycles. The maximum atomic E-state index is 5.19. The molecule has 0 unspecified atom stereocenters. The van der Waals surface area contributed by atoms with Crippen LogP contribution < -0.4 is 10.1 Å². The topological polar surface area (TPSA) is 49.9 Å². The quantitative estimate of drug-likeness (QED) is 0.748. The van der Waals surface area contributed by atoms with Crippen LogP contribution in [0.2, 0.25) is 0 Å². The minimum absolute atomic E-state index is 0. The Balaban J connectivity index is 0.00000133. The van der Waals surface area contributed by atoms with E-state index in [-0.39, 0.29) is 7.43 Å². The third-order valence-electron chi connectivity index (χ3n) is 2.80. The lowest BCUT2D eigenvalue weighted by Crippen LogP contribution is -1.91. The van der Waals surface area contributed by atoms with E-state index in [2.05, 4.69) is 33.0 Å². The largest absolute Gasteiger partial charge is 0.497 e. The van der Waals surface area contributed by atoms with Crippen molar-refractivity contribution in [3.63, 3.8) is 0 Å². The van der Waals surface area contributed by atoms with Gasteiger partial charge in [-0.05, 0) is 30.0 Å². The van der Waals surface area contributed by atoms with E-state index in [4.69, 9.17) is 4.74 Å². The maximum Gasteiger partial charge on any atom is 0.205 e. The molecule has 3 aromatic rings. The predicted octanol–water partition coefficient (Wildman–Crippen LogP) is 4.32. The molecule has 0 aliphatic heterocycles. The van der Waals surface area contributed by atoms with E-state index in [9.17, 15) is 0 Å². The maximum absolute atomic E-state index is 5.19. The summed E-state index contributed by atoms with van der Waals surface area (Å²) in [7, 11) is 1.66. The summed E-state index contributed by atoms with van der Waals surface area (Å²) in [5.74, 6) is 1.57. The SMILES string of the molecule is C.COc1ccc2nc(Nc3cscc3C)[nH]c2c1. The fourth-order valence-electron chi connectivity index (χ4n) is 1.79. The molecule has 0 bridgehead atoms. The highest BCUT2D eigenvalue weighted by Gasteiger charge is 2.06. The van der Waals surface area contributed by atoms with Gasteiger partial charge in [0.25, 0.3) is 0 Å². The molecule has 0 aliphatic rings. The van der Waals surface area contributed by atoms with E-state index in [0.29, 0.717) is 0 Å². The van der Waals surface area contributed by atoms with Gasteiger partial charge in [0.15, 0.2) is 0 Å². The van der Waals surface area contributed by atoms with Gasteiger partial charge in [0.1, 0.15) is 5.75 Å². The summed E-state index contributed by atoms with van der Waals surface area (Å²) in [6.45, 7) is 2.07. The smallest absolute Gasteiger partial charge is 0.205 e. The number of aromatic amines is 1. The Morgan fingerprint density at radius 3 is 2.84 bits per heavy atom. The first kappa shape index (κ1) is 13.4. The monoisotopic (exact) mass is 275 g/mol. The number of anilines is 2. The molecule has 4 nitrogen and oxygen atoms in total. The van der Waals surface area contributed by atoms with Gasteiger partial charge in [0.05, 0.1) is 23.8 Å². The van der Waals surface area contributed by atoms with Gasteiger partial charge in [-0.3, -0.25) is 0 Å². The van der Waals surface area contributed by atoms with Crippen LogP contribution in [0, 0.1) is 6.92 Å². The summed E-state index contributed by atoms with van der Waals surface area (Å²) in [5.41, 5.74) is 4.19. The molecule has 2 heterocycles. The fraction of sp³-hybridized carbons (Fsp3) is 0.214. The van der Waals surface area contributed by atoms with Crippen molar-refractivity contribution in [1.29, 1.82) is 0 Å². The highest BCUT2D eigenvalue weighted by molar-refractivity contribution is 7.08. The van der Waals surface area contributed by atoms with Crippen LogP contribution in [0.25, 0.3) is 11.0 Å². The Morgan fingerprint density at radius 1 is 1.32 bits per heavy atom. The lowest BCUT2D eigenvalue weighted by molar-refractivity contribution is 0.415. The molecule has 0 spiro atoms. The van der Waals surface area contributed by atoms with Gasteiger partial charge < -0.3 is 15.0 Å². The molecule has 0 fully saturated rings. The number of imidazole rings is 1. The number of H-pyrrole nitrogens is 1. The van der Waals surface area contributed by atoms with E-state index in [0.717, 1.165) is 28.4 Å². The van der Waals surface area contributed by atoms with E-state index in [1.165, 1.54) is 5.56 Å². The minimum atomic E-state index is 0. The molecular weight excluding hydrogens is 258 g/mol. The van der Waals surface area contributed by atoms with Gasteiger partial charge in [-0.2, -0.15) is 0 Å². The van der Waals surface area contributed by atoms with Crippen LogP contribution in [0.5, 0.6) is 5.75 Å². The summed E-state index contributed by atoms with van der Waals surface area (Å²) < 4.78 is 5.19. The lowest BCUT2D eigenvalue weighted by Gasteiger charge is -2.00. The Morgan fingerprint density at radius 2 is 2.16 bits per heavy atom. The third kappa shape index (κ3) is 2.56. The number of methoxy groups -OCH3 is 1. The molecule has 3 rings (SSSR count). The second-order valence-electron chi connectivity index (χ2n) is 4.06. The number of hydrogen-bond acceptors (Lipinski definition) is 4. The molecular formula is C14H17N3OS. The summed E-state index contributed by atoms with van der Waals surface area (Å²) in [4.78, 5) is 7.72. The average Bonchev–Trinajstić information content (AvgIpc) is 2.95. The van der Waals surface area contributed by atoms with Crippen molar-refractivity contribution in [2.45, 2.75) is 14.4 Å². The van der Waals surface area contributed by atoms with Crippen LogP contribution in [0.15, 0.2) is 29.0 Å². The van der Waals surface area contributed by atoms with Crippen molar-refractivity contribution < 1.29 is 4.74 Å². The Labute approximate surface area is 116 Å². The predicted molar refractivity (Wildman–Crippen MR) is 81.7 cm³/mol. The first-order valence-corrected chi connectivity index (χ1v) is 6.54. The standard InChI is InChI=1S/C13H13N3OS.CH4/c1-8-6-18-7-12(8)16-13-14-10-4-3-9(17-2)5-11(10)15-13;/h3-7H,1-2H3,(H2,14,15,16);1H4. The zero-order valence-electron chi connectivity index (χ0n) is 10.2. The van der Waals surface area contributed by atoms with Crippen molar-refractivity contribution in [1.82, 2.24) is 9.97 Å². The number of aromatic nitrogens is 2. The number of benzene rings is 1. The van der Waals surface area contributed by atoms with Crippen LogP contribution in [-0.2, 0) is 0 Å². The average molecular weight is 275 g/mol. The normalized spacial score (nSPS) is 10.2. The molecule has 0 aliphatic carbocycles. The zero-order chi connectivity index (χ0) is 12.5. The molecule has 0 saturated heterocycles. The molecule has 100 valence electrons. The minimum Gasteiger partial charge on any atom is -0.497 e. The highest BCUT2D eigenvalue weighted by Crippen LogP contribution is 2.25. The molecule has 2 aromatic heterocycles. The van der Waals surface area contributed by atoms with E-state index in [1.54, 1.807) is 18.4 Å². The summed E-state index contributed by atoms with van der Waals surface area (Å²) in [5, 5.41) is 7.46. The number of nitrogens with zero attached hydrogens (tertiary/aromatic N) is 1. The van der Waals surface area contributed by atoms with Crippen molar-refractivity contribution in [2.75, 3.05) is 12.4 Å². The Bertz CT molecular complexity index is 687. The van der Waals surface area contributed by atoms with Crippen LogP contribution >= 0.6 is 11.3 Å². The van der Waals surface area contributed by atoms with Crippen LogP contribution in [0.1, 0.15) is 13.0 Å². The second-order valence-corrected chi connectivity index (χ2v) is 4.81. The lowest BCUT2D eigenvalue weighted by atomic mass is 10.3. The number of fused-ring (bicyclic) bond motifs is 1. The number of ether oxygens (including phenoxy) is 1. The van der Waals surface area contributed by atoms with E-state index in [1.807, 2.05) is 18.2 Å². The highest BCUT2D eigenvalue weighted by atomic mass is 32.1. The number of rotatable bonds is 3. The number of hydrogen-bond donors (Lipinski definition) is 2. The molecule has 5 heteroatoms. The second kappa shape index (κ2) is 5.32. The summed E-state index contributed by atoms with van der Waals surface area (Å²) >= 11 is 1.67.